The first-order valence-electron chi connectivity index (χ1n) is 6.26. The summed E-state index contributed by atoms with van der Waals surface area (Å²) < 4.78 is 5.44. The highest BCUT2D eigenvalue weighted by Gasteiger charge is 2.23. The van der Waals surface area contributed by atoms with Crippen LogP contribution in [0.2, 0.25) is 5.02 Å². The third-order valence-electron chi connectivity index (χ3n) is 3.77. The van der Waals surface area contributed by atoms with Crippen LogP contribution >= 0.6 is 11.6 Å². The Morgan fingerprint density at radius 2 is 2.06 bits per heavy atom. The van der Waals surface area contributed by atoms with Crippen molar-refractivity contribution in [3.8, 4) is 5.75 Å². The molecule has 1 unspecified atom stereocenters. The van der Waals surface area contributed by atoms with E-state index in [1.54, 1.807) is 7.11 Å². The average Bonchev–Trinajstić information content (AvgIpc) is 2.39. The Morgan fingerprint density at radius 3 is 2.71 bits per heavy atom. The standard InChI is InChI=1S/C14H20ClNO/c1-10(11-5-7-16-8-6-11)13-9-12(15)3-4-14(13)17-2/h3-4,9-11,16H,5-8H2,1-2H3. The molecule has 0 radical (unpaired) electrons. The fourth-order valence-electron chi connectivity index (χ4n) is 2.66. The van der Waals surface area contributed by atoms with Crippen LogP contribution in [0.25, 0.3) is 0 Å². The second-order valence-corrected chi connectivity index (χ2v) is 5.20. The number of rotatable bonds is 3. The topological polar surface area (TPSA) is 21.3 Å². The number of nitrogens with one attached hydrogen (secondary N) is 1. The van der Waals surface area contributed by atoms with E-state index in [9.17, 15) is 0 Å². The van der Waals surface area contributed by atoms with Gasteiger partial charge in [-0.05, 0) is 61.5 Å². The maximum Gasteiger partial charge on any atom is 0.122 e. The quantitative estimate of drug-likeness (QED) is 0.891. The van der Waals surface area contributed by atoms with Gasteiger partial charge in [0.1, 0.15) is 5.75 Å². The molecule has 0 aromatic heterocycles. The minimum atomic E-state index is 0.505. The molecule has 17 heavy (non-hydrogen) atoms. The lowest BCUT2D eigenvalue weighted by molar-refractivity contribution is 0.321. The van der Waals surface area contributed by atoms with E-state index in [-0.39, 0.29) is 0 Å². The van der Waals surface area contributed by atoms with Gasteiger partial charge >= 0.3 is 0 Å². The minimum absolute atomic E-state index is 0.505. The smallest absolute Gasteiger partial charge is 0.122 e. The molecule has 1 aliphatic rings. The van der Waals surface area contributed by atoms with Gasteiger partial charge in [-0.25, -0.2) is 0 Å². The molecule has 3 heteroatoms. The zero-order valence-corrected chi connectivity index (χ0v) is 11.3. The Bertz CT molecular complexity index is 374. The van der Waals surface area contributed by atoms with Gasteiger partial charge in [0.15, 0.2) is 0 Å². The third-order valence-corrected chi connectivity index (χ3v) is 4.01. The second kappa shape index (κ2) is 5.74. The first kappa shape index (κ1) is 12.7. The molecular formula is C14H20ClNO. The fraction of sp³-hybridized carbons (Fsp3) is 0.571. The summed E-state index contributed by atoms with van der Waals surface area (Å²) in [4.78, 5) is 0. The van der Waals surface area contributed by atoms with Gasteiger partial charge < -0.3 is 10.1 Å². The van der Waals surface area contributed by atoms with Gasteiger partial charge in [0, 0.05) is 5.02 Å². The summed E-state index contributed by atoms with van der Waals surface area (Å²) in [6.07, 6.45) is 2.47. The molecular weight excluding hydrogens is 234 g/mol. The van der Waals surface area contributed by atoms with Gasteiger partial charge in [0.25, 0.3) is 0 Å². The van der Waals surface area contributed by atoms with Crippen LogP contribution in [0.5, 0.6) is 5.75 Å². The number of benzene rings is 1. The molecule has 0 aliphatic carbocycles. The average molecular weight is 254 g/mol. The molecule has 0 saturated carbocycles. The highest BCUT2D eigenvalue weighted by atomic mass is 35.5. The van der Waals surface area contributed by atoms with Crippen molar-refractivity contribution >= 4 is 11.6 Å². The Hall–Kier alpha value is -0.730. The largest absolute Gasteiger partial charge is 0.496 e. The van der Waals surface area contributed by atoms with Gasteiger partial charge in [-0.15, -0.1) is 0 Å². The van der Waals surface area contributed by atoms with Crippen LogP contribution < -0.4 is 10.1 Å². The normalized spacial score (nSPS) is 19.0. The molecule has 0 spiro atoms. The van der Waals surface area contributed by atoms with Crippen LogP contribution in [-0.4, -0.2) is 20.2 Å². The van der Waals surface area contributed by atoms with Crippen LogP contribution in [0.15, 0.2) is 18.2 Å². The summed E-state index contributed by atoms with van der Waals surface area (Å²) in [7, 11) is 1.72. The highest BCUT2D eigenvalue weighted by molar-refractivity contribution is 6.30. The molecule has 1 aromatic rings. The SMILES string of the molecule is COc1ccc(Cl)cc1C(C)C1CCNCC1. The number of piperidine rings is 1. The molecule has 94 valence electrons. The van der Waals surface area contributed by atoms with E-state index in [0.717, 1.165) is 29.8 Å². The van der Waals surface area contributed by atoms with Crippen molar-refractivity contribution in [2.45, 2.75) is 25.7 Å². The molecule has 1 N–H and O–H groups in total. The Balaban J connectivity index is 2.21. The molecule has 2 rings (SSSR count). The lowest BCUT2D eigenvalue weighted by atomic mass is 9.81. The van der Waals surface area contributed by atoms with Crippen molar-refractivity contribution in [3.63, 3.8) is 0 Å². The molecule has 0 amide bonds. The number of hydrogen-bond acceptors (Lipinski definition) is 2. The van der Waals surface area contributed by atoms with Crippen LogP contribution in [0.4, 0.5) is 0 Å². The van der Waals surface area contributed by atoms with Crippen molar-refractivity contribution in [1.29, 1.82) is 0 Å². The van der Waals surface area contributed by atoms with Gasteiger partial charge in [-0.1, -0.05) is 18.5 Å². The van der Waals surface area contributed by atoms with Crippen LogP contribution in [0, 0.1) is 5.92 Å². The second-order valence-electron chi connectivity index (χ2n) is 4.76. The van der Waals surface area contributed by atoms with Crippen LogP contribution in [0.1, 0.15) is 31.2 Å². The summed E-state index contributed by atoms with van der Waals surface area (Å²) >= 11 is 6.09. The lowest BCUT2D eigenvalue weighted by Crippen LogP contribution is -2.30. The van der Waals surface area contributed by atoms with Crippen molar-refractivity contribution in [2.75, 3.05) is 20.2 Å². The summed E-state index contributed by atoms with van der Waals surface area (Å²) in [5, 5.41) is 4.20. The fourth-order valence-corrected chi connectivity index (χ4v) is 2.84. The molecule has 1 saturated heterocycles. The number of halogens is 1. The molecule has 1 aromatic carbocycles. The maximum atomic E-state index is 6.09. The summed E-state index contributed by atoms with van der Waals surface area (Å²) in [5.41, 5.74) is 1.24. The molecule has 0 bridgehead atoms. The van der Waals surface area contributed by atoms with Gasteiger partial charge in [0.2, 0.25) is 0 Å². The highest BCUT2D eigenvalue weighted by Crippen LogP contribution is 2.36. The van der Waals surface area contributed by atoms with Crippen molar-refractivity contribution < 1.29 is 4.74 Å². The molecule has 1 aliphatic heterocycles. The summed E-state index contributed by atoms with van der Waals surface area (Å²) in [6, 6.07) is 5.90. The van der Waals surface area contributed by atoms with Gasteiger partial charge in [0.05, 0.1) is 7.11 Å². The lowest BCUT2D eigenvalue weighted by Gasteiger charge is -2.29. The minimum Gasteiger partial charge on any atom is -0.496 e. The zero-order chi connectivity index (χ0) is 12.3. The van der Waals surface area contributed by atoms with Gasteiger partial charge in [-0.2, -0.15) is 0 Å². The van der Waals surface area contributed by atoms with E-state index in [4.69, 9.17) is 16.3 Å². The van der Waals surface area contributed by atoms with Gasteiger partial charge in [-0.3, -0.25) is 0 Å². The number of hydrogen-bond donors (Lipinski definition) is 1. The van der Waals surface area contributed by atoms with E-state index in [1.165, 1.54) is 18.4 Å². The Labute approximate surface area is 108 Å². The number of methoxy groups -OCH3 is 1. The predicted octanol–water partition coefficient (Wildman–Crippen LogP) is 3.45. The predicted molar refractivity (Wildman–Crippen MR) is 72.0 cm³/mol. The van der Waals surface area contributed by atoms with E-state index < -0.39 is 0 Å². The maximum absolute atomic E-state index is 6.09. The van der Waals surface area contributed by atoms with Crippen molar-refractivity contribution in [3.05, 3.63) is 28.8 Å². The van der Waals surface area contributed by atoms with Crippen molar-refractivity contribution in [1.82, 2.24) is 5.32 Å². The number of ether oxygens (including phenoxy) is 1. The molecule has 2 nitrogen and oxygen atoms in total. The zero-order valence-electron chi connectivity index (χ0n) is 10.5. The Kier molecular flexibility index (Phi) is 4.30. The molecule has 1 fully saturated rings. The molecule has 1 atom stereocenters. The van der Waals surface area contributed by atoms with E-state index in [0.29, 0.717) is 5.92 Å². The summed E-state index contributed by atoms with van der Waals surface area (Å²) in [5.74, 6) is 2.19. The van der Waals surface area contributed by atoms with Crippen molar-refractivity contribution in [2.24, 2.45) is 5.92 Å². The first-order chi connectivity index (χ1) is 8.22. The van der Waals surface area contributed by atoms with E-state index >= 15 is 0 Å². The monoisotopic (exact) mass is 253 g/mol. The van der Waals surface area contributed by atoms with E-state index in [2.05, 4.69) is 12.2 Å². The van der Waals surface area contributed by atoms with Crippen LogP contribution in [-0.2, 0) is 0 Å². The Morgan fingerprint density at radius 1 is 1.35 bits per heavy atom. The first-order valence-corrected chi connectivity index (χ1v) is 6.64. The third kappa shape index (κ3) is 2.93. The van der Waals surface area contributed by atoms with Crippen LogP contribution in [0.3, 0.4) is 0 Å². The van der Waals surface area contributed by atoms with E-state index in [1.807, 2.05) is 18.2 Å². The summed E-state index contributed by atoms with van der Waals surface area (Å²) in [6.45, 7) is 4.53. The molecule has 1 heterocycles.